The zero-order valence-electron chi connectivity index (χ0n) is 18.1. The van der Waals surface area contributed by atoms with Gasteiger partial charge in [-0.3, -0.25) is 4.98 Å². The maximum atomic E-state index is 14.8. The Hall–Kier alpha value is -4.07. The number of hydrogen-bond donors (Lipinski definition) is 1. The summed E-state index contributed by atoms with van der Waals surface area (Å²) in [5.74, 6) is 0.814. The van der Waals surface area contributed by atoms with Gasteiger partial charge in [0.2, 0.25) is 5.95 Å². The SMILES string of the molecule is Cc1cc(-c2ccc(Nc3ncc4c(n3)N(C)C(c3ccc(F)cc3)CO4)cc2F)ccn1. The molecular formula is C25H21F2N5O. The van der Waals surface area contributed by atoms with Gasteiger partial charge in [-0.2, -0.15) is 4.98 Å². The number of halogens is 2. The molecule has 0 bridgehead atoms. The van der Waals surface area contributed by atoms with Crippen LogP contribution in [0.1, 0.15) is 17.3 Å². The van der Waals surface area contributed by atoms with Crippen molar-refractivity contribution in [3.63, 3.8) is 0 Å². The van der Waals surface area contributed by atoms with Crippen molar-refractivity contribution in [1.29, 1.82) is 0 Å². The Bertz CT molecular complexity index is 1310. The minimum atomic E-state index is -0.361. The average Bonchev–Trinajstić information content (AvgIpc) is 2.80. The van der Waals surface area contributed by atoms with Crippen molar-refractivity contribution in [1.82, 2.24) is 15.0 Å². The van der Waals surface area contributed by atoms with Gasteiger partial charge in [0.25, 0.3) is 0 Å². The third kappa shape index (κ3) is 4.19. The van der Waals surface area contributed by atoms with Crippen LogP contribution in [0.2, 0.25) is 0 Å². The molecule has 5 rings (SSSR count). The summed E-state index contributed by atoms with van der Waals surface area (Å²) < 4.78 is 34.0. The monoisotopic (exact) mass is 445 g/mol. The van der Waals surface area contributed by atoms with Crippen molar-refractivity contribution in [3.05, 3.63) is 89.9 Å². The number of nitrogens with zero attached hydrogens (tertiary/aromatic N) is 4. The van der Waals surface area contributed by atoms with Crippen LogP contribution in [0.5, 0.6) is 5.75 Å². The van der Waals surface area contributed by atoms with Crippen molar-refractivity contribution >= 4 is 17.5 Å². The molecule has 0 radical (unpaired) electrons. The van der Waals surface area contributed by atoms with Crippen molar-refractivity contribution < 1.29 is 13.5 Å². The van der Waals surface area contributed by atoms with E-state index in [0.717, 1.165) is 16.8 Å². The molecule has 6 nitrogen and oxygen atoms in total. The molecule has 4 aromatic rings. The van der Waals surface area contributed by atoms with E-state index in [9.17, 15) is 8.78 Å². The van der Waals surface area contributed by atoms with Crippen LogP contribution in [0.25, 0.3) is 11.1 Å². The van der Waals surface area contributed by atoms with Crippen molar-refractivity contribution in [2.45, 2.75) is 13.0 Å². The van der Waals surface area contributed by atoms with E-state index in [1.54, 1.807) is 42.7 Å². The average molecular weight is 445 g/mol. The van der Waals surface area contributed by atoms with Crippen molar-refractivity contribution in [2.24, 2.45) is 0 Å². The molecule has 0 amide bonds. The topological polar surface area (TPSA) is 63.2 Å². The van der Waals surface area contributed by atoms with Gasteiger partial charge in [-0.25, -0.2) is 13.8 Å². The van der Waals surface area contributed by atoms with Crippen LogP contribution in [0, 0.1) is 18.6 Å². The van der Waals surface area contributed by atoms with E-state index in [1.165, 1.54) is 18.2 Å². The summed E-state index contributed by atoms with van der Waals surface area (Å²) in [5.41, 5.74) is 3.52. The van der Waals surface area contributed by atoms with Gasteiger partial charge in [0.05, 0.1) is 12.2 Å². The van der Waals surface area contributed by atoms with Gasteiger partial charge >= 0.3 is 0 Å². The number of pyridine rings is 1. The van der Waals surface area contributed by atoms with Gasteiger partial charge in [0.1, 0.15) is 18.2 Å². The minimum absolute atomic E-state index is 0.124. The molecule has 0 saturated heterocycles. The fraction of sp³-hybridized carbons (Fsp3) is 0.160. The Morgan fingerprint density at radius 3 is 2.61 bits per heavy atom. The second-order valence-electron chi connectivity index (χ2n) is 7.88. The molecule has 0 fully saturated rings. The number of anilines is 3. The highest BCUT2D eigenvalue weighted by Gasteiger charge is 2.28. The number of benzene rings is 2. The van der Waals surface area contributed by atoms with Gasteiger partial charge in [-0.1, -0.05) is 12.1 Å². The first-order valence-corrected chi connectivity index (χ1v) is 10.5. The number of hydrogen-bond acceptors (Lipinski definition) is 6. The molecule has 2 aromatic heterocycles. The number of fused-ring (bicyclic) bond motifs is 1. The number of nitrogens with one attached hydrogen (secondary N) is 1. The third-order valence-corrected chi connectivity index (χ3v) is 5.62. The normalized spacial score (nSPS) is 15.0. The van der Waals surface area contributed by atoms with Gasteiger partial charge in [-0.05, 0) is 60.5 Å². The Morgan fingerprint density at radius 2 is 1.85 bits per heavy atom. The molecule has 1 atom stereocenters. The molecule has 2 aromatic carbocycles. The molecule has 1 unspecified atom stereocenters. The first-order chi connectivity index (χ1) is 16.0. The van der Waals surface area contributed by atoms with Crippen LogP contribution in [0.15, 0.2) is 67.0 Å². The highest BCUT2D eigenvalue weighted by Crippen LogP contribution is 2.37. The molecule has 8 heteroatoms. The Kier molecular flexibility index (Phi) is 5.34. The summed E-state index contributed by atoms with van der Waals surface area (Å²) in [6, 6.07) is 14.7. The minimum Gasteiger partial charge on any atom is -0.486 e. The van der Waals surface area contributed by atoms with E-state index in [4.69, 9.17) is 4.74 Å². The summed E-state index contributed by atoms with van der Waals surface area (Å²) in [5, 5.41) is 3.06. The van der Waals surface area contributed by atoms with Gasteiger partial charge in [0.15, 0.2) is 11.6 Å². The summed E-state index contributed by atoms with van der Waals surface area (Å²) in [6.07, 6.45) is 3.25. The second-order valence-corrected chi connectivity index (χ2v) is 7.88. The smallest absolute Gasteiger partial charge is 0.229 e. The lowest BCUT2D eigenvalue weighted by Gasteiger charge is -2.35. The number of rotatable bonds is 4. The van der Waals surface area contributed by atoms with Gasteiger partial charge in [0, 0.05) is 30.2 Å². The van der Waals surface area contributed by atoms with Crippen LogP contribution in [0.4, 0.5) is 26.2 Å². The van der Waals surface area contributed by atoms with Crippen LogP contribution >= 0.6 is 0 Å². The highest BCUT2D eigenvalue weighted by atomic mass is 19.1. The summed E-state index contributed by atoms with van der Waals surface area (Å²) in [7, 11) is 1.90. The lowest BCUT2D eigenvalue weighted by molar-refractivity contribution is 0.265. The highest BCUT2D eigenvalue weighted by molar-refractivity contribution is 5.68. The number of aryl methyl sites for hydroxylation is 1. The molecule has 0 spiro atoms. The molecule has 0 aliphatic carbocycles. The first-order valence-electron chi connectivity index (χ1n) is 10.5. The molecule has 1 aliphatic heterocycles. The molecular weight excluding hydrogens is 424 g/mol. The zero-order chi connectivity index (χ0) is 22.9. The zero-order valence-corrected chi connectivity index (χ0v) is 18.1. The van der Waals surface area contributed by atoms with Gasteiger partial charge in [-0.15, -0.1) is 0 Å². The first kappa shape index (κ1) is 20.8. The van der Waals surface area contributed by atoms with E-state index in [1.807, 2.05) is 24.9 Å². The molecule has 33 heavy (non-hydrogen) atoms. The number of ether oxygens (including phenoxy) is 1. The number of likely N-dealkylation sites (N-methyl/N-ethyl adjacent to an activating group) is 1. The number of aromatic nitrogens is 3. The van der Waals surface area contributed by atoms with Crippen LogP contribution in [-0.2, 0) is 0 Å². The molecule has 1 N–H and O–H groups in total. The maximum Gasteiger partial charge on any atom is 0.229 e. The lowest BCUT2D eigenvalue weighted by Crippen LogP contribution is -2.34. The Labute approximate surface area is 189 Å². The summed E-state index contributed by atoms with van der Waals surface area (Å²) in [4.78, 5) is 15.0. The predicted octanol–water partition coefficient (Wildman–Crippen LogP) is 5.44. The Balaban J connectivity index is 1.38. The quantitative estimate of drug-likeness (QED) is 0.451. The maximum absolute atomic E-state index is 14.8. The standard InChI is InChI=1S/C25H21F2N5O/c1-15-11-17(9-10-28-15)20-8-7-19(12-21(20)27)30-25-29-13-23-24(31-25)32(2)22(14-33-23)16-3-5-18(26)6-4-16/h3-13,22H,14H2,1-2H3,(H,29,30,31). The molecule has 0 saturated carbocycles. The van der Waals surface area contributed by atoms with Crippen LogP contribution < -0.4 is 15.0 Å². The largest absolute Gasteiger partial charge is 0.486 e. The third-order valence-electron chi connectivity index (χ3n) is 5.62. The molecule has 166 valence electrons. The summed E-state index contributed by atoms with van der Waals surface area (Å²) in [6.45, 7) is 2.26. The fourth-order valence-corrected chi connectivity index (χ4v) is 3.88. The lowest BCUT2D eigenvalue weighted by atomic mass is 10.1. The fourth-order valence-electron chi connectivity index (χ4n) is 3.88. The molecule has 3 heterocycles. The van der Waals surface area contributed by atoms with Crippen molar-refractivity contribution in [3.8, 4) is 16.9 Å². The van der Waals surface area contributed by atoms with Crippen LogP contribution in [-0.4, -0.2) is 28.6 Å². The van der Waals surface area contributed by atoms with E-state index >= 15 is 0 Å². The van der Waals surface area contributed by atoms with E-state index < -0.39 is 0 Å². The predicted molar refractivity (Wildman–Crippen MR) is 123 cm³/mol. The second kappa shape index (κ2) is 8.46. The van der Waals surface area contributed by atoms with E-state index in [-0.39, 0.29) is 17.7 Å². The van der Waals surface area contributed by atoms with E-state index in [2.05, 4.69) is 20.3 Å². The van der Waals surface area contributed by atoms with E-state index in [0.29, 0.717) is 35.4 Å². The van der Waals surface area contributed by atoms with Crippen molar-refractivity contribution in [2.75, 3.05) is 23.9 Å². The summed E-state index contributed by atoms with van der Waals surface area (Å²) >= 11 is 0. The van der Waals surface area contributed by atoms with Gasteiger partial charge < -0.3 is 15.0 Å². The Morgan fingerprint density at radius 1 is 1.03 bits per heavy atom. The molecule has 1 aliphatic rings. The van der Waals surface area contributed by atoms with Crippen LogP contribution in [0.3, 0.4) is 0 Å².